The minimum Gasteiger partial charge on any atom is -0.359 e. The lowest BCUT2D eigenvalue weighted by atomic mass is 10.1. The fourth-order valence-corrected chi connectivity index (χ4v) is 3.26. The number of benzene rings is 2. The highest BCUT2D eigenvalue weighted by Gasteiger charge is 2.27. The zero-order chi connectivity index (χ0) is 16.7. The van der Waals surface area contributed by atoms with E-state index in [9.17, 15) is 9.59 Å². The van der Waals surface area contributed by atoms with Crippen LogP contribution in [0.5, 0.6) is 0 Å². The Balaban J connectivity index is 1.54. The number of fused-ring (bicyclic) bond motifs is 2. The number of aromatic nitrogens is 2. The van der Waals surface area contributed by atoms with Crippen LogP contribution < -0.4 is 15.9 Å². The fourth-order valence-electron chi connectivity index (χ4n) is 3.26. The number of imidazole rings is 1. The van der Waals surface area contributed by atoms with Crippen molar-refractivity contribution in [1.82, 2.24) is 9.97 Å². The molecule has 3 N–H and O–H groups in total. The number of amides is 1. The Morgan fingerprint density at radius 3 is 2.83 bits per heavy atom. The summed E-state index contributed by atoms with van der Waals surface area (Å²) in [6, 6.07) is 13.2. The Morgan fingerprint density at radius 1 is 1.17 bits per heavy atom. The number of H-pyrrole nitrogens is 2. The predicted molar refractivity (Wildman–Crippen MR) is 94.5 cm³/mol. The molecule has 6 heteroatoms. The zero-order valence-corrected chi connectivity index (χ0v) is 13.3. The van der Waals surface area contributed by atoms with E-state index in [1.165, 1.54) is 5.56 Å². The van der Waals surface area contributed by atoms with Crippen molar-refractivity contribution in [2.75, 3.05) is 16.8 Å². The number of hydrogen-bond donors (Lipinski definition) is 3. The van der Waals surface area contributed by atoms with Crippen LogP contribution in [0, 0.1) is 0 Å². The van der Waals surface area contributed by atoms with E-state index in [0.29, 0.717) is 11.2 Å². The van der Waals surface area contributed by atoms with Crippen LogP contribution in [0.4, 0.5) is 11.4 Å². The van der Waals surface area contributed by atoms with Crippen molar-refractivity contribution in [3.05, 3.63) is 58.5 Å². The Morgan fingerprint density at radius 2 is 1.96 bits per heavy atom. The summed E-state index contributed by atoms with van der Waals surface area (Å²) in [5, 5.41) is 2.93. The first kappa shape index (κ1) is 14.6. The van der Waals surface area contributed by atoms with Gasteiger partial charge in [0.25, 0.3) is 0 Å². The summed E-state index contributed by atoms with van der Waals surface area (Å²) in [4.78, 5) is 31.4. The van der Waals surface area contributed by atoms with Gasteiger partial charge in [-0.15, -0.1) is 0 Å². The molecule has 4 rings (SSSR count). The number of rotatable bonds is 3. The average Bonchev–Trinajstić information content (AvgIpc) is 3.16. The van der Waals surface area contributed by atoms with Gasteiger partial charge in [0.1, 0.15) is 6.04 Å². The second-order valence-corrected chi connectivity index (χ2v) is 6.08. The third-order valence-corrected chi connectivity index (χ3v) is 4.55. The van der Waals surface area contributed by atoms with Crippen LogP contribution in [-0.2, 0) is 11.2 Å². The minimum absolute atomic E-state index is 0.0658. The summed E-state index contributed by atoms with van der Waals surface area (Å²) in [6.45, 7) is 2.76. The molecular weight excluding hydrogens is 304 g/mol. The molecule has 1 amide bonds. The Labute approximate surface area is 138 Å². The van der Waals surface area contributed by atoms with Crippen molar-refractivity contribution >= 4 is 28.3 Å². The molecule has 0 unspecified atom stereocenters. The number of aromatic amines is 2. The van der Waals surface area contributed by atoms with Gasteiger partial charge in [-0.25, -0.2) is 4.79 Å². The number of nitrogens with zero attached hydrogens (tertiary/aromatic N) is 1. The standard InChI is InChI=1S/C18H18N4O2/c1-11(22-9-8-12-4-2-3-5-16(12)22)17(23)19-13-6-7-14-15(10-13)21-18(24)20-14/h2-7,10-11H,8-9H2,1H3,(H,19,23)(H2,20,21,24)/t11-/m0/s1. The molecule has 1 atom stereocenters. The monoisotopic (exact) mass is 322 g/mol. The smallest absolute Gasteiger partial charge is 0.323 e. The van der Waals surface area contributed by atoms with E-state index in [4.69, 9.17) is 0 Å². The Hall–Kier alpha value is -3.02. The lowest BCUT2D eigenvalue weighted by Gasteiger charge is -2.26. The number of carbonyl (C=O) groups is 1. The number of carbonyl (C=O) groups excluding carboxylic acids is 1. The minimum atomic E-state index is -0.269. The van der Waals surface area contributed by atoms with E-state index in [2.05, 4.69) is 32.3 Å². The first-order valence-electron chi connectivity index (χ1n) is 7.99. The summed E-state index contributed by atoms with van der Waals surface area (Å²) >= 11 is 0. The van der Waals surface area contributed by atoms with E-state index >= 15 is 0 Å². The van der Waals surface area contributed by atoms with E-state index < -0.39 is 0 Å². The molecule has 2 heterocycles. The van der Waals surface area contributed by atoms with Crippen LogP contribution in [0.2, 0.25) is 0 Å². The Bertz CT molecular complexity index is 972. The number of para-hydroxylation sites is 1. The quantitative estimate of drug-likeness (QED) is 0.692. The summed E-state index contributed by atoms with van der Waals surface area (Å²) in [5.41, 5.74) is 4.23. The third-order valence-electron chi connectivity index (χ3n) is 4.55. The fraction of sp³-hybridized carbons (Fsp3) is 0.222. The molecule has 0 saturated heterocycles. The van der Waals surface area contributed by atoms with Gasteiger partial charge in [0.2, 0.25) is 5.91 Å². The first-order chi connectivity index (χ1) is 11.6. The van der Waals surface area contributed by atoms with Crippen LogP contribution >= 0.6 is 0 Å². The summed E-state index contributed by atoms with van der Waals surface area (Å²) in [7, 11) is 0. The topological polar surface area (TPSA) is 81.0 Å². The molecule has 1 aliphatic rings. The van der Waals surface area contributed by atoms with Crippen LogP contribution in [-0.4, -0.2) is 28.5 Å². The molecule has 2 aromatic carbocycles. The molecule has 0 saturated carbocycles. The molecule has 1 aliphatic heterocycles. The zero-order valence-electron chi connectivity index (χ0n) is 13.3. The molecule has 6 nitrogen and oxygen atoms in total. The highest BCUT2D eigenvalue weighted by molar-refractivity contribution is 5.98. The number of nitrogens with one attached hydrogen (secondary N) is 3. The average molecular weight is 322 g/mol. The van der Waals surface area contributed by atoms with Crippen molar-refractivity contribution < 1.29 is 4.79 Å². The van der Waals surface area contributed by atoms with Crippen LogP contribution in [0.25, 0.3) is 11.0 Å². The maximum absolute atomic E-state index is 12.6. The van der Waals surface area contributed by atoms with Crippen molar-refractivity contribution in [1.29, 1.82) is 0 Å². The summed E-state index contributed by atoms with van der Waals surface area (Å²) < 4.78 is 0. The number of anilines is 2. The van der Waals surface area contributed by atoms with Gasteiger partial charge >= 0.3 is 5.69 Å². The van der Waals surface area contributed by atoms with Gasteiger partial charge in [-0.3, -0.25) is 4.79 Å². The highest BCUT2D eigenvalue weighted by Crippen LogP contribution is 2.29. The SMILES string of the molecule is C[C@@H](C(=O)Nc1ccc2[nH]c(=O)[nH]c2c1)N1CCc2ccccc21. The van der Waals surface area contributed by atoms with Crippen molar-refractivity contribution in [2.24, 2.45) is 0 Å². The van der Waals surface area contributed by atoms with Crippen LogP contribution in [0.15, 0.2) is 47.3 Å². The van der Waals surface area contributed by atoms with Crippen LogP contribution in [0.3, 0.4) is 0 Å². The van der Waals surface area contributed by atoms with Crippen LogP contribution in [0.1, 0.15) is 12.5 Å². The van der Waals surface area contributed by atoms with Gasteiger partial charge in [0.15, 0.2) is 0 Å². The van der Waals surface area contributed by atoms with E-state index in [1.54, 1.807) is 18.2 Å². The van der Waals surface area contributed by atoms with Crippen molar-refractivity contribution in [3.63, 3.8) is 0 Å². The molecule has 0 fully saturated rings. The first-order valence-corrected chi connectivity index (χ1v) is 7.99. The molecule has 0 radical (unpaired) electrons. The van der Waals surface area contributed by atoms with Crippen molar-refractivity contribution in [2.45, 2.75) is 19.4 Å². The van der Waals surface area contributed by atoms with Gasteiger partial charge in [0.05, 0.1) is 11.0 Å². The van der Waals surface area contributed by atoms with Gasteiger partial charge in [-0.05, 0) is 43.2 Å². The normalized spacial score (nSPS) is 14.6. The lowest BCUT2D eigenvalue weighted by Crippen LogP contribution is -2.41. The molecule has 24 heavy (non-hydrogen) atoms. The molecule has 0 spiro atoms. The van der Waals surface area contributed by atoms with E-state index in [1.807, 2.05) is 19.1 Å². The predicted octanol–water partition coefficient (Wildman–Crippen LogP) is 2.25. The van der Waals surface area contributed by atoms with Gasteiger partial charge in [-0.2, -0.15) is 0 Å². The molecular formula is C18H18N4O2. The van der Waals surface area contributed by atoms with E-state index in [0.717, 1.165) is 24.2 Å². The third kappa shape index (κ3) is 2.46. The molecule has 1 aromatic heterocycles. The Kier molecular flexibility index (Phi) is 3.37. The highest BCUT2D eigenvalue weighted by atomic mass is 16.2. The second kappa shape index (κ2) is 5.56. The maximum Gasteiger partial charge on any atom is 0.323 e. The van der Waals surface area contributed by atoms with Crippen molar-refractivity contribution in [3.8, 4) is 0 Å². The molecule has 0 bridgehead atoms. The van der Waals surface area contributed by atoms with Gasteiger partial charge in [0, 0.05) is 17.9 Å². The second-order valence-electron chi connectivity index (χ2n) is 6.08. The molecule has 122 valence electrons. The molecule has 3 aromatic rings. The van der Waals surface area contributed by atoms with Gasteiger partial charge < -0.3 is 20.2 Å². The summed E-state index contributed by atoms with van der Waals surface area (Å²) in [5.74, 6) is -0.0658. The van der Waals surface area contributed by atoms with Gasteiger partial charge in [-0.1, -0.05) is 18.2 Å². The summed E-state index contributed by atoms with van der Waals surface area (Å²) in [6.07, 6.45) is 0.963. The number of hydrogen-bond acceptors (Lipinski definition) is 3. The molecule has 0 aliphatic carbocycles. The maximum atomic E-state index is 12.6. The lowest BCUT2D eigenvalue weighted by molar-refractivity contribution is -0.117. The largest absolute Gasteiger partial charge is 0.359 e. The van der Waals surface area contributed by atoms with E-state index in [-0.39, 0.29) is 17.6 Å².